The van der Waals surface area contributed by atoms with Gasteiger partial charge in [0.1, 0.15) is 6.54 Å². The monoisotopic (exact) mass is 364 g/mol. The summed E-state index contributed by atoms with van der Waals surface area (Å²) in [6, 6.07) is 7.94. The molecule has 0 spiro atoms. The molecule has 0 atom stereocenters. The molecule has 2 aromatic heterocycles. The number of aromatic nitrogens is 3. The highest BCUT2D eigenvalue weighted by Crippen LogP contribution is 2.39. The zero-order chi connectivity index (χ0) is 19.1. The van der Waals surface area contributed by atoms with Crippen molar-refractivity contribution in [2.24, 2.45) is 0 Å². The number of hydrogen-bond acceptors (Lipinski definition) is 4. The van der Waals surface area contributed by atoms with Gasteiger partial charge in [0.2, 0.25) is 5.91 Å². The Morgan fingerprint density at radius 1 is 1.19 bits per heavy atom. The fourth-order valence-electron chi connectivity index (χ4n) is 3.28. The molecule has 1 aliphatic rings. The van der Waals surface area contributed by atoms with Crippen molar-refractivity contribution in [1.29, 1.82) is 0 Å². The molecule has 1 N–H and O–H groups in total. The zero-order valence-corrected chi connectivity index (χ0v) is 16.2. The SMILES string of the molecule is Cc1ccc(NC(=O)Cn2c(C)cc(-c3nc(C4CC4)no3)c2C)cc1C. The number of rotatable bonds is 5. The highest BCUT2D eigenvalue weighted by molar-refractivity contribution is 5.91. The lowest BCUT2D eigenvalue weighted by Gasteiger charge is -2.11. The lowest BCUT2D eigenvalue weighted by molar-refractivity contribution is -0.116. The number of hydrogen-bond donors (Lipinski definition) is 1. The van der Waals surface area contributed by atoms with Crippen molar-refractivity contribution in [3.63, 3.8) is 0 Å². The molecule has 0 unspecified atom stereocenters. The van der Waals surface area contributed by atoms with Crippen LogP contribution in [-0.2, 0) is 11.3 Å². The quantitative estimate of drug-likeness (QED) is 0.733. The van der Waals surface area contributed by atoms with Crippen LogP contribution < -0.4 is 5.32 Å². The van der Waals surface area contributed by atoms with Crippen LogP contribution in [0, 0.1) is 27.7 Å². The Kier molecular flexibility index (Phi) is 4.34. The topological polar surface area (TPSA) is 73.0 Å². The summed E-state index contributed by atoms with van der Waals surface area (Å²) in [4.78, 5) is 17.1. The Balaban J connectivity index is 1.52. The first-order valence-electron chi connectivity index (χ1n) is 9.30. The van der Waals surface area contributed by atoms with Crippen molar-refractivity contribution in [3.05, 3.63) is 52.6 Å². The van der Waals surface area contributed by atoms with Crippen LogP contribution in [0.3, 0.4) is 0 Å². The largest absolute Gasteiger partial charge is 0.339 e. The lowest BCUT2D eigenvalue weighted by atomic mass is 10.1. The van der Waals surface area contributed by atoms with Crippen LogP contribution in [0.4, 0.5) is 5.69 Å². The molecule has 2 heterocycles. The average molecular weight is 364 g/mol. The number of anilines is 1. The van der Waals surface area contributed by atoms with Crippen molar-refractivity contribution < 1.29 is 9.32 Å². The predicted molar refractivity (Wildman–Crippen MR) is 104 cm³/mol. The Morgan fingerprint density at radius 3 is 2.67 bits per heavy atom. The molecule has 0 bridgehead atoms. The first-order valence-corrected chi connectivity index (χ1v) is 9.30. The van der Waals surface area contributed by atoms with Crippen molar-refractivity contribution >= 4 is 11.6 Å². The standard InChI is InChI=1S/C21H24N4O2/c1-12-5-8-17(9-13(12)2)22-19(26)11-25-14(3)10-18(15(25)4)21-23-20(24-27-21)16-6-7-16/h5,8-10,16H,6-7,11H2,1-4H3,(H,22,26). The third-order valence-corrected chi connectivity index (χ3v) is 5.28. The number of carbonyl (C=O) groups excluding carboxylic acids is 1. The molecule has 1 aromatic carbocycles. The molecule has 6 heteroatoms. The second-order valence-electron chi connectivity index (χ2n) is 7.45. The maximum Gasteiger partial charge on any atom is 0.259 e. The Hall–Kier alpha value is -2.89. The first kappa shape index (κ1) is 17.5. The third-order valence-electron chi connectivity index (χ3n) is 5.28. The summed E-state index contributed by atoms with van der Waals surface area (Å²) in [6.45, 7) is 8.30. The summed E-state index contributed by atoms with van der Waals surface area (Å²) in [7, 11) is 0. The molecule has 1 fully saturated rings. The van der Waals surface area contributed by atoms with Gasteiger partial charge in [0.25, 0.3) is 5.89 Å². The molecule has 4 rings (SSSR count). The number of benzene rings is 1. The normalized spacial score (nSPS) is 13.8. The molecule has 1 amide bonds. The average Bonchev–Trinajstić information content (AvgIpc) is 3.30. The summed E-state index contributed by atoms with van der Waals surface area (Å²) in [5.41, 5.74) is 6.02. The van der Waals surface area contributed by atoms with Gasteiger partial charge in [-0.2, -0.15) is 4.98 Å². The summed E-state index contributed by atoms with van der Waals surface area (Å²) < 4.78 is 7.43. The van der Waals surface area contributed by atoms with Gasteiger partial charge in [0.05, 0.1) is 5.56 Å². The van der Waals surface area contributed by atoms with Crippen LogP contribution in [0.1, 0.15) is 47.1 Å². The van der Waals surface area contributed by atoms with Crippen molar-refractivity contribution in [3.8, 4) is 11.5 Å². The van der Waals surface area contributed by atoms with E-state index in [4.69, 9.17) is 4.52 Å². The summed E-state index contributed by atoms with van der Waals surface area (Å²) in [5.74, 6) is 1.72. The van der Waals surface area contributed by atoms with Crippen LogP contribution in [-0.4, -0.2) is 20.6 Å². The summed E-state index contributed by atoms with van der Waals surface area (Å²) in [6.07, 6.45) is 2.27. The molecule has 3 aromatic rings. The van der Waals surface area contributed by atoms with Crippen molar-refractivity contribution in [1.82, 2.24) is 14.7 Å². The second-order valence-corrected chi connectivity index (χ2v) is 7.45. The van der Waals surface area contributed by atoms with E-state index in [2.05, 4.69) is 22.4 Å². The number of carbonyl (C=O) groups is 1. The molecular weight excluding hydrogens is 340 g/mol. The Morgan fingerprint density at radius 2 is 1.96 bits per heavy atom. The fraction of sp³-hybridized carbons (Fsp3) is 0.381. The molecule has 6 nitrogen and oxygen atoms in total. The minimum Gasteiger partial charge on any atom is -0.339 e. The van der Waals surface area contributed by atoms with Gasteiger partial charge >= 0.3 is 0 Å². The molecule has 0 aliphatic heterocycles. The molecular formula is C21H24N4O2. The van der Waals surface area contributed by atoms with Gasteiger partial charge in [0, 0.05) is 23.0 Å². The smallest absolute Gasteiger partial charge is 0.259 e. The van der Waals surface area contributed by atoms with E-state index in [1.807, 2.05) is 49.6 Å². The predicted octanol–water partition coefficient (Wildman–Crippen LogP) is 4.29. The van der Waals surface area contributed by atoms with E-state index < -0.39 is 0 Å². The Labute approximate surface area is 158 Å². The highest BCUT2D eigenvalue weighted by atomic mass is 16.5. The van der Waals surface area contributed by atoms with E-state index in [-0.39, 0.29) is 12.5 Å². The fourth-order valence-corrected chi connectivity index (χ4v) is 3.28. The summed E-state index contributed by atoms with van der Waals surface area (Å²) in [5, 5.41) is 7.07. The molecule has 1 aliphatic carbocycles. The molecule has 140 valence electrons. The van der Waals surface area contributed by atoms with E-state index in [0.717, 1.165) is 46.9 Å². The van der Waals surface area contributed by atoms with Gasteiger partial charge < -0.3 is 14.4 Å². The minimum atomic E-state index is -0.0594. The van der Waals surface area contributed by atoms with Gasteiger partial charge in [-0.15, -0.1) is 0 Å². The van der Waals surface area contributed by atoms with Gasteiger partial charge in [-0.25, -0.2) is 0 Å². The zero-order valence-electron chi connectivity index (χ0n) is 16.2. The molecule has 0 radical (unpaired) electrons. The Bertz CT molecular complexity index is 1010. The number of nitrogens with one attached hydrogen (secondary N) is 1. The molecule has 27 heavy (non-hydrogen) atoms. The molecule has 1 saturated carbocycles. The van der Waals surface area contributed by atoms with Crippen molar-refractivity contribution in [2.45, 2.75) is 53.0 Å². The minimum absolute atomic E-state index is 0.0594. The van der Waals surface area contributed by atoms with E-state index in [1.165, 1.54) is 5.56 Å². The van der Waals surface area contributed by atoms with Gasteiger partial charge in [-0.05, 0) is 69.9 Å². The summed E-state index contributed by atoms with van der Waals surface area (Å²) >= 11 is 0. The third kappa shape index (κ3) is 3.52. The lowest BCUT2D eigenvalue weighted by Crippen LogP contribution is -2.20. The van der Waals surface area contributed by atoms with Crippen LogP contribution >= 0.6 is 0 Å². The number of nitrogens with zero attached hydrogens (tertiary/aromatic N) is 3. The van der Waals surface area contributed by atoms with E-state index >= 15 is 0 Å². The van der Waals surface area contributed by atoms with Crippen LogP contribution in [0.2, 0.25) is 0 Å². The first-order chi connectivity index (χ1) is 12.9. The van der Waals surface area contributed by atoms with E-state index in [9.17, 15) is 4.79 Å². The van der Waals surface area contributed by atoms with E-state index in [1.54, 1.807) is 0 Å². The van der Waals surface area contributed by atoms with Gasteiger partial charge in [-0.3, -0.25) is 4.79 Å². The van der Waals surface area contributed by atoms with Crippen LogP contribution in [0.5, 0.6) is 0 Å². The van der Waals surface area contributed by atoms with Crippen molar-refractivity contribution in [2.75, 3.05) is 5.32 Å². The van der Waals surface area contributed by atoms with E-state index in [0.29, 0.717) is 11.8 Å². The maximum absolute atomic E-state index is 12.5. The maximum atomic E-state index is 12.5. The van der Waals surface area contributed by atoms with Crippen LogP contribution in [0.15, 0.2) is 28.8 Å². The van der Waals surface area contributed by atoms with Gasteiger partial charge in [-0.1, -0.05) is 11.2 Å². The second kappa shape index (κ2) is 6.68. The van der Waals surface area contributed by atoms with Crippen LogP contribution in [0.25, 0.3) is 11.5 Å². The number of aryl methyl sites for hydroxylation is 3. The molecule has 0 saturated heterocycles. The number of amides is 1. The highest BCUT2D eigenvalue weighted by Gasteiger charge is 2.29. The van der Waals surface area contributed by atoms with Gasteiger partial charge in [0.15, 0.2) is 5.82 Å².